The highest BCUT2D eigenvalue weighted by Crippen LogP contribution is 2.42. The van der Waals surface area contributed by atoms with Crippen molar-refractivity contribution in [3.8, 4) is 22.5 Å². The lowest BCUT2D eigenvalue weighted by atomic mass is 9.66. The van der Waals surface area contributed by atoms with E-state index < -0.39 is 57.9 Å². The average Bonchev–Trinajstić information content (AvgIpc) is 3.34. The third-order valence-corrected chi connectivity index (χ3v) is 9.81. The number of pyridine rings is 2. The van der Waals surface area contributed by atoms with Crippen molar-refractivity contribution >= 4 is 20.4 Å². The summed E-state index contributed by atoms with van der Waals surface area (Å²) >= 11 is 0. The molecule has 0 amide bonds. The Morgan fingerprint density at radius 1 is 0.529 bits per heavy atom. The van der Waals surface area contributed by atoms with Crippen molar-refractivity contribution in [2.24, 2.45) is 0 Å². The summed E-state index contributed by atoms with van der Waals surface area (Å²) in [7, 11) is 5.03. The fourth-order valence-electron chi connectivity index (χ4n) is 5.77. The van der Waals surface area contributed by atoms with Crippen LogP contribution in [-0.2, 0) is 32.2 Å². The Morgan fingerprint density at radius 3 is 1.37 bits per heavy atom. The standard InChI is InChI=1S/C38H38B2N2O9/c1-33(2)34(3,4)51-40(50-33)30-20-28(36(44,45)35(39,43)26-15-17-31(41-22-26)24-11-7-5-8-12-24)19-29(21-30)38(48,49)37(46,47)27-16-18-32(42-23-27)25-13-9-6-10-14-25/h5-23,43-49H,1-4H3. The zero-order valence-electron chi connectivity index (χ0n) is 28.5. The first kappa shape index (κ1) is 36.5. The first-order valence-corrected chi connectivity index (χ1v) is 16.2. The largest absolute Gasteiger partial charge is 0.494 e. The van der Waals surface area contributed by atoms with Gasteiger partial charge in [-0.25, -0.2) is 0 Å². The summed E-state index contributed by atoms with van der Waals surface area (Å²) < 4.78 is 12.3. The summed E-state index contributed by atoms with van der Waals surface area (Å²) in [6.45, 7) is 7.13. The Morgan fingerprint density at radius 2 is 0.941 bits per heavy atom. The molecule has 0 aliphatic carbocycles. The molecule has 0 bridgehead atoms. The smallest absolute Gasteiger partial charge is 0.399 e. The van der Waals surface area contributed by atoms with Crippen LogP contribution in [-0.4, -0.2) is 71.9 Å². The fourth-order valence-corrected chi connectivity index (χ4v) is 5.77. The summed E-state index contributed by atoms with van der Waals surface area (Å²) in [6, 6.07) is 27.1. The van der Waals surface area contributed by atoms with Gasteiger partial charge >= 0.3 is 7.12 Å². The van der Waals surface area contributed by atoms with Crippen LogP contribution in [0.15, 0.2) is 116 Å². The van der Waals surface area contributed by atoms with E-state index in [1.54, 1.807) is 45.9 Å². The molecule has 0 saturated carbocycles. The fraction of sp³-hybridized carbons (Fsp3) is 0.263. The molecule has 1 aliphatic heterocycles. The highest BCUT2D eigenvalue weighted by Gasteiger charge is 2.55. The molecule has 1 atom stereocenters. The molecule has 6 rings (SSSR count). The van der Waals surface area contributed by atoms with E-state index in [-0.39, 0.29) is 11.0 Å². The van der Waals surface area contributed by atoms with Gasteiger partial charge in [0.2, 0.25) is 5.79 Å². The van der Waals surface area contributed by atoms with Gasteiger partial charge < -0.3 is 45.1 Å². The van der Waals surface area contributed by atoms with Crippen LogP contribution in [0.25, 0.3) is 22.5 Å². The molecule has 51 heavy (non-hydrogen) atoms. The molecule has 5 aromatic rings. The van der Waals surface area contributed by atoms with Crippen LogP contribution in [0.1, 0.15) is 49.9 Å². The van der Waals surface area contributed by atoms with Gasteiger partial charge in [0.1, 0.15) is 13.3 Å². The number of nitrogens with zero attached hydrogens (tertiary/aromatic N) is 2. The minimum absolute atomic E-state index is 0.0165. The van der Waals surface area contributed by atoms with Crippen molar-refractivity contribution in [1.29, 1.82) is 0 Å². The topological polar surface area (TPSA) is 186 Å². The first-order valence-electron chi connectivity index (χ1n) is 16.2. The SMILES string of the molecule is [B]C(O)(c1ccc(-c2ccccc2)nc1)C(O)(O)c1cc(B2OC(C)(C)C(C)(C)O2)cc(C(O)(O)C(O)(O)c2ccc(-c3ccccc3)nc2)c1. The van der Waals surface area contributed by atoms with E-state index in [0.717, 1.165) is 29.5 Å². The van der Waals surface area contributed by atoms with Crippen LogP contribution in [0, 0.1) is 0 Å². The molecule has 11 nitrogen and oxygen atoms in total. The van der Waals surface area contributed by atoms with Crippen LogP contribution in [0.2, 0.25) is 0 Å². The van der Waals surface area contributed by atoms with E-state index in [2.05, 4.69) is 9.97 Å². The van der Waals surface area contributed by atoms with Gasteiger partial charge in [-0.2, -0.15) is 0 Å². The van der Waals surface area contributed by atoms with E-state index >= 15 is 0 Å². The monoisotopic (exact) mass is 688 g/mol. The summed E-state index contributed by atoms with van der Waals surface area (Å²) in [5.74, 6) is -10.3. The molecule has 7 N–H and O–H groups in total. The molecule has 13 heteroatoms. The highest BCUT2D eigenvalue weighted by atomic mass is 16.7. The van der Waals surface area contributed by atoms with Crippen molar-refractivity contribution in [1.82, 2.24) is 9.97 Å². The highest BCUT2D eigenvalue weighted by molar-refractivity contribution is 6.62. The maximum atomic E-state index is 11.6. The van der Waals surface area contributed by atoms with Gasteiger partial charge in [0.25, 0.3) is 11.6 Å². The van der Waals surface area contributed by atoms with Gasteiger partial charge in [-0.15, -0.1) is 0 Å². The Hall–Kier alpha value is -4.27. The van der Waals surface area contributed by atoms with Gasteiger partial charge in [0.05, 0.1) is 22.6 Å². The average molecular weight is 688 g/mol. The molecule has 0 spiro atoms. The summed E-state index contributed by atoms with van der Waals surface area (Å²) in [6.07, 6.45) is 2.26. The first-order chi connectivity index (χ1) is 23.8. The Balaban J connectivity index is 1.43. The molecule has 1 unspecified atom stereocenters. The maximum Gasteiger partial charge on any atom is 0.494 e. The second-order valence-electron chi connectivity index (χ2n) is 13.8. The normalized spacial score (nSPS) is 17.3. The molecule has 3 aromatic carbocycles. The predicted molar refractivity (Wildman–Crippen MR) is 190 cm³/mol. The number of aromatic nitrogens is 2. The quantitative estimate of drug-likeness (QED) is 0.0890. The molecular weight excluding hydrogens is 650 g/mol. The van der Waals surface area contributed by atoms with E-state index in [1.807, 2.05) is 48.5 Å². The number of hydrogen-bond acceptors (Lipinski definition) is 11. The summed E-state index contributed by atoms with van der Waals surface area (Å²) in [4.78, 5) is 8.59. The van der Waals surface area contributed by atoms with Crippen molar-refractivity contribution in [3.63, 3.8) is 0 Å². The van der Waals surface area contributed by atoms with Gasteiger partial charge in [0.15, 0.2) is 0 Å². The van der Waals surface area contributed by atoms with Crippen LogP contribution in [0.4, 0.5) is 0 Å². The van der Waals surface area contributed by atoms with Gasteiger partial charge in [-0.05, 0) is 63.0 Å². The van der Waals surface area contributed by atoms with Crippen molar-refractivity contribution in [2.75, 3.05) is 0 Å². The Bertz CT molecular complexity index is 1860. The van der Waals surface area contributed by atoms with Crippen molar-refractivity contribution in [2.45, 2.75) is 61.8 Å². The number of hydrogen-bond donors (Lipinski definition) is 7. The minimum Gasteiger partial charge on any atom is -0.399 e. The maximum absolute atomic E-state index is 11.6. The van der Waals surface area contributed by atoms with Gasteiger partial charge in [0, 0.05) is 40.2 Å². The van der Waals surface area contributed by atoms with Crippen LogP contribution >= 0.6 is 0 Å². The second kappa shape index (κ2) is 12.7. The van der Waals surface area contributed by atoms with Crippen LogP contribution in [0.3, 0.4) is 0 Å². The minimum atomic E-state index is -3.53. The lowest BCUT2D eigenvalue weighted by molar-refractivity contribution is -0.375. The number of rotatable bonds is 9. The van der Waals surface area contributed by atoms with E-state index in [4.69, 9.17) is 17.2 Å². The lowest BCUT2D eigenvalue weighted by Crippen LogP contribution is -2.52. The molecule has 1 fully saturated rings. The zero-order chi connectivity index (χ0) is 37.0. The summed E-state index contributed by atoms with van der Waals surface area (Å²) in [5, 5.41) is 80.6. The number of aliphatic hydroxyl groups is 7. The predicted octanol–water partition coefficient (Wildman–Crippen LogP) is 2.24. The zero-order valence-corrected chi connectivity index (χ0v) is 28.5. The Labute approximate surface area is 297 Å². The number of benzene rings is 3. The van der Waals surface area contributed by atoms with Gasteiger partial charge in [-0.3, -0.25) is 9.97 Å². The third kappa shape index (κ3) is 6.42. The second-order valence-corrected chi connectivity index (χ2v) is 13.8. The van der Waals surface area contributed by atoms with Crippen LogP contribution < -0.4 is 5.46 Å². The van der Waals surface area contributed by atoms with Crippen molar-refractivity contribution < 1.29 is 45.1 Å². The third-order valence-electron chi connectivity index (χ3n) is 9.81. The Kier molecular flexibility index (Phi) is 9.13. The molecule has 260 valence electrons. The molecular formula is C38H38B2N2O9. The lowest BCUT2D eigenvalue weighted by Gasteiger charge is -2.40. The van der Waals surface area contributed by atoms with Crippen molar-refractivity contribution in [3.05, 3.63) is 138 Å². The molecule has 2 radical (unpaired) electrons. The van der Waals surface area contributed by atoms with Crippen LogP contribution in [0.5, 0.6) is 0 Å². The molecule has 3 heterocycles. The van der Waals surface area contributed by atoms with E-state index in [0.29, 0.717) is 11.4 Å². The summed E-state index contributed by atoms with van der Waals surface area (Å²) in [5.41, 5.74) is -3.94. The molecule has 1 saturated heterocycles. The van der Waals surface area contributed by atoms with E-state index in [9.17, 15) is 35.7 Å². The van der Waals surface area contributed by atoms with Gasteiger partial charge in [-0.1, -0.05) is 78.9 Å². The molecule has 2 aromatic heterocycles. The van der Waals surface area contributed by atoms with E-state index in [1.165, 1.54) is 30.5 Å². The molecule has 1 aliphatic rings.